The minimum Gasteiger partial charge on any atom is -0.495 e. The smallest absolute Gasteiger partial charge is 0.180 e. The summed E-state index contributed by atoms with van der Waals surface area (Å²) in [6, 6.07) is 12.6. The van der Waals surface area contributed by atoms with Gasteiger partial charge < -0.3 is 29.8 Å². The molecule has 1 atom stereocenters. The molecule has 2 aromatic carbocycles. The zero-order chi connectivity index (χ0) is 23.1. The molecular weight excluding hydrogens is 428 g/mol. The minimum atomic E-state index is 0.207. The van der Waals surface area contributed by atoms with E-state index in [2.05, 4.69) is 33.4 Å². The van der Waals surface area contributed by atoms with E-state index in [1.807, 2.05) is 35.0 Å². The highest BCUT2D eigenvalue weighted by molar-refractivity contribution is 5.76. The predicted molar refractivity (Wildman–Crippen MR) is 133 cm³/mol. The van der Waals surface area contributed by atoms with Crippen molar-refractivity contribution in [3.05, 3.63) is 60.6 Å². The highest BCUT2D eigenvalue weighted by atomic mass is 16.5. The van der Waals surface area contributed by atoms with Crippen LogP contribution in [0, 0.1) is 0 Å². The molecule has 0 saturated carbocycles. The maximum atomic E-state index is 6.11. The van der Waals surface area contributed by atoms with Gasteiger partial charge in [0.25, 0.3) is 0 Å². The Morgan fingerprint density at radius 1 is 1.21 bits per heavy atom. The molecule has 2 aliphatic rings. The maximum Gasteiger partial charge on any atom is 0.180 e. The molecule has 174 valence electrons. The number of nitrogens with two attached hydrogens (primary N) is 1. The number of anilines is 3. The van der Waals surface area contributed by atoms with Crippen LogP contribution in [0.25, 0.3) is 16.9 Å². The average Bonchev–Trinajstić information content (AvgIpc) is 3.52. The number of ether oxygens (including phenoxy) is 2. The third-order valence-corrected chi connectivity index (χ3v) is 6.59. The molecule has 6 rings (SSSR count). The first kappa shape index (κ1) is 20.8. The Morgan fingerprint density at radius 2 is 2.15 bits per heavy atom. The summed E-state index contributed by atoms with van der Waals surface area (Å²) in [4.78, 5) is 11.7. The van der Waals surface area contributed by atoms with Crippen LogP contribution in [-0.4, -0.2) is 47.2 Å². The lowest BCUT2D eigenvalue weighted by atomic mass is 10.0. The molecule has 8 heteroatoms. The summed E-state index contributed by atoms with van der Waals surface area (Å²) in [6.07, 6.45) is 8.79. The second kappa shape index (κ2) is 8.53. The average molecular weight is 457 g/mol. The van der Waals surface area contributed by atoms with Crippen LogP contribution in [0.15, 0.2) is 55.0 Å². The molecule has 4 aromatic rings. The predicted octanol–water partition coefficient (Wildman–Crippen LogP) is 4.01. The molecule has 1 saturated heterocycles. The van der Waals surface area contributed by atoms with Crippen LogP contribution in [0.2, 0.25) is 0 Å². The Kier molecular flexibility index (Phi) is 5.22. The van der Waals surface area contributed by atoms with Crippen molar-refractivity contribution in [1.29, 1.82) is 0 Å². The topological polar surface area (TPSA) is 89.9 Å². The molecule has 3 N–H and O–H groups in total. The zero-order valence-corrected chi connectivity index (χ0v) is 19.2. The lowest BCUT2D eigenvalue weighted by Crippen LogP contribution is -2.26. The SMILES string of the molecule is COc1cc(Nc2nc(-c3ccc4c(c3)CCCO4)cn3ccnc23)ccc1N1CCC(N)C1. The van der Waals surface area contributed by atoms with Gasteiger partial charge in [-0.3, -0.25) is 0 Å². The molecule has 0 radical (unpaired) electrons. The van der Waals surface area contributed by atoms with Crippen LogP contribution < -0.4 is 25.4 Å². The summed E-state index contributed by atoms with van der Waals surface area (Å²) in [5.41, 5.74) is 12.0. The van der Waals surface area contributed by atoms with E-state index in [1.54, 1.807) is 13.3 Å². The van der Waals surface area contributed by atoms with Gasteiger partial charge >= 0.3 is 0 Å². The molecule has 0 amide bonds. The monoisotopic (exact) mass is 456 g/mol. The van der Waals surface area contributed by atoms with Crippen molar-refractivity contribution >= 4 is 22.8 Å². The van der Waals surface area contributed by atoms with Crippen molar-refractivity contribution in [1.82, 2.24) is 14.4 Å². The second-order valence-electron chi connectivity index (χ2n) is 8.91. The first-order valence-electron chi connectivity index (χ1n) is 11.7. The van der Waals surface area contributed by atoms with Crippen molar-refractivity contribution in [3.8, 4) is 22.8 Å². The number of hydrogen-bond acceptors (Lipinski definition) is 7. The van der Waals surface area contributed by atoms with E-state index < -0.39 is 0 Å². The van der Waals surface area contributed by atoms with Gasteiger partial charge in [0.15, 0.2) is 11.5 Å². The number of aryl methyl sites for hydroxylation is 1. The van der Waals surface area contributed by atoms with Crippen molar-refractivity contribution in [2.24, 2.45) is 5.73 Å². The van der Waals surface area contributed by atoms with E-state index >= 15 is 0 Å². The molecule has 8 nitrogen and oxygen atoms in total. The fourth-order valence-electron chi connectivity index (χ4n) is 4.83. The number of rotatable bonds is 5. The van der Waals surface area contributed by atoms with Crippen molar-refractivity contribution < 1.29 is 9.47 Å². The third kappa shape index (κ3) is 3.80. The van der Waals surface area contributed by atoms with Gasteiger partial charge in [-0.25, -0.2) is 9.97 Å². The summed E-state index contributed by atoms with van der Waals surface area (Å²) in [5.74, 6) is 2.47. The summed E-state index contributed by atoms with van der Waals surface area (Å²) < 4.78 is 13.5. The van der Waals surface area contributed by atoms with E-state index in [1.165, 1.54) is 5.56 Å². The number of methoxy groups -OCH3 is 1. The Hall–Kier alpha value is -3.78. The molecule has 2 aliphatic heterocycles. The minimum absolute atomic E-state index is 0.207. The lowest BCUT2D eigenvalue weighted by Gasteiger charge is -2.22. The highest BCUT2D eigenvalue weighted by Gasteiger charge is 2.22. The standard InChI is InChI=1S/C26H28N6O2/c1-33-24-14-20(5-6-22(24)31-10-8-19(27)15-31)29-25-26-28-9-11-32(26)16-21(30-25)17-4-7-23-18(13-17)3-2-12-34-23/h4-7,9,11,13-14,16,19H,2-3,8,10,12,15,27H2,1H3,(H,29,30). The first-order chi connectivity index (χ1) is 16.7. The van der Waals surface area contributed by atoms with Crippen molar-refractivity contribution in [2.45, 2.75) is 25.3 Å². The normalized spacial score (nSPS) is 17.5. The molecule has 1 fully saturated rings. The highest BCUT2D eigenvalue weighted by Crippen LogP contribution is 2.35. The van der Waals surface area contributed by atoms with Gasteiger partial charge in [-0.1, -0.05) is 0 Å². The molecule has 0 aliphatic carbocycles. The summed E-state index contributed by atoms with van der Waals surface area (Å²) in [6.45, 7) is 2.56. The fraction of sp³-hybridized carbons (Fsp3) is 0.308. The number of nitrogens with zero attached hydrogens (tertiary/aromatic N) is 4. The Balaban J connectivity index is 1.35. The molecule has 2 aromatic heterocycles. The van der Waals surface area contributed by atoms with E-state index in [-0.39, 0.29) is 6.04 Å². The van der Waals surface area contributed by atoms with E-state index in [9.17, 15) is 0 Å². The number of nitrogens with one attached hydrogen (secondary N) is 1. The van der Waals surface area contributed by atoms with Crippen molar-refractivity contribution in [2.75, 3.05) is 37.0 Å². The number of aromatic nitrogens is 3. The third-order valence-electron chi connectivity index (χ3n) is 6.59. The number of fused-ring (bicyclic) bond motifs is 2. The number of hydrogen-bond donors (Lipinski definition) is 2. The van der Waals surface area contributed by atoms with Gasteiger partial charge in [0, 0.05) is 55.0 Å². The van der Waals surface area contributed by atoms with Crippen LogP contribution in [0.4, 0.5) is 17.2 Å². The molecule has 4 heterocycles. The largest absolute Gasteiger partial charge is 0.495 e. The van der Waals surface area contributed by atoms with Gasteiger partial charge in [-0.2, -0.15) is 0 Å². The number of imidazole rings is 1. The van der Waals surface area contributed by atoms with Gasteiger partial charge in [0.2, 0.25) is 0 Å². The van der Waals surface area contributed by atoms with E-state index in [0.717, 1.165) is 78.7 Å². The zero-order valence-electron chi connectivity index (χ0n) is 19.2. The number of benzene rings is 2. The molecule has 34 heavy (non-hydrogen) atoms. The van der Waals surface area contributed by atoms with Crippen molar-refractivity contribution in [3.63, 3.8) is 0 Å². The van der Waals surface area contributed by atoms with Gasteiger partial charge in [-0.05, 0) is 55.2 Å². The fourth-order valence-corrected chi connectivity index (χ4v) is 4.83. The second-order valence-corrected chi connectivity index (χ2v) is 8.91. The van der Waals surface area contributed by atoms with Crippen LogP contribution in [-0.2, 0) is 6.42 Å². The summed E-state index contributed by atoms with van der Waals surface area (Å²) >= 11 is 0. The van der Waals surface area contributed by atoms with E-state index in [4.69, 9.17) is 20.2 Å². The van der Waals surface area contributed by atoms with Crippen LogP contribution in [0.1, 0.15) is 18.4 Å². The quantitative estimate of drug-likeness (QED) is 0.469. The lowest BCUT2D eigenvalue weighted by molar-refractivity contribution is 0.288. The van der Waals surface area contributed by atoms with Gasteiger partial charge in [-0.15, -0.1) is 0 Å². The molecular formula is C26H28N6O2. The maximum absolute atomic E-state index is 6.11. The van der Waals surface area contributed by atoms with E-state index in [0.29, 0.717) is 5.82 Å². The first-order valence-corrected chi connectivity index (χ1v) is 11.7. The molecule has 0 spiro atoms. The Morgan fingerprint density at radius 3 is 3.00 bits per heavy atom. The Labute approximate surface area is 198 Å². The molecule has 1 unspecified atom stereocenters. The Bertz CT molecular complexity index is 1350. The van der Waals surface area contributed by atoms with Crippen LogP contribution in [0.5, 0.6) is 11.5 Å². The molecule has 0 bridgehead atoms. The van der Waals surface area contributed by atoms with Crippen LogP contribution in [0.3, 0.4) is 0 Å². The van der Waals surface area contributed by atoms with Gasteiger partial charge in [0.1, 0.15) is 11.5 Å². The van der Waals surface area contributed by atoms with Gasteiger partial charge in [0.05, 0.1) is 25.1 Å². The van der Waals surface area contributed by atoms with Crippen LogP contribution >= 0.6 is 0 Å². The summed E-state index contributed by atoms with van der Waals surface area (Å²) in [7, 11) is 1.70. The summed E-state index contributed by atoms with van der Waals surface area (Å²) in [5, 5.41) is 3.46.